The summed E-state index contributed by atoms with van der Waals surface area (Å²) in [7, 11) is 0. The second-order valence-corrected chi connectivity index (χ2v) is 9.19. The molecule has 3 rings (SSSR count). The number of carbonyl (C=O) groups excluding carboxylic acids is 2. The van der Waals surface area contributed by atoms with Crippen LogP contribution >= 0.6 is 11.3 Å². The first kappa shape index (κ1) is 22.4. The van der Waals surface area contributed by atoms with Crippen LogP contribution < -0.4 is 10.5 Å². The molecule has 164 valence electrons. The molecule has 10 heteroatoms. The van der Waals surface area contributed by atoms with Crippen LogP contribution in [-0.4, -0.2) is 46.8 Å². The number of nitrogens with two attached hydrogens (primary N) is 1. The number of aliphatic carboxylic acids is 1. The first-order valence-electron chi connectivity index (χ1n) is 9.45. The van der Waals surface area contributed by atoms with E-state index in [-0.39, 0.29) is 41.0 Å². The highest BCUT2D eigenvalue weighted by molar-refractivity contribution is 7.14. The summed E-state index contributed by atoms with van der Waals surface area (Å²) in [5.74, 6) is -3.68. The molecule has 8 nitrogen and oxygen atoms in total. The van der Waals surface area contributed by atoms with E-state index in [1.165, 1.54) is 17.0 Å². The van der Waals surface area contributed by atoms with Gasteiger partial charge in [0.1, 0.15) is 10.7 Å². The molecule has 2 heterocycles. The molecule has 0 spiro atoms. The fourth-order valence-electron chi connectivity index (χ4n) is 3.22. The van der Waals surface area contributed by atoms with E-state index < -0.39 is 29.1 Å². The zero-order chi connectivity index (χ0) is 22.9. The summed E-state index contributed by atoms with van der Waals surface area (Å²) in [6, 6.07) is 6.89. The topological polar surface area (TPSA) is 134 Å². The summed E-state index contributed by atoms with van der Waals surface area (Å²) < 4.78 is 19.2. The zero-order valence-electron chi connectivity index (χ0n) is 17.0. The van der Waals surface area contributed by atoms with E-state index >= 15 is 0 Å². The van der Waals surface area contributed by atoms with Crippen molar-refractivity contribution in [3.63, 3.8) is 0 Å². The molecule has 1 saturated heterocycles. The minimum Gasteiger partial charge on any atom is -0.481 e. The Morgan fingerprint density at radius 1 is 1.29 bits per heavy atom. The van der Waals surface area contributed by atoms with Crippen LogP contribution in [-0.2, 0) is 16.0 Å². The summed E-state index contributed by atoms with van der Waals surface area (Å²) in [4.78, 5) is 38.6. The number of hydrogen-bond donors (Lipinski definition) is 3. The molecule has 4 N–H and O–H groups in total. The SMILES string of the molecule is CC(C)(Cc1ccc(C(=O)Oc2ccc(C(=N)N)cc2F)s1)C(=O)N1CC(C(=O)O)C1. The van der Waals surface area contributed by atoms with Crippen LogP contribution in [0, 0.1) is 22.6 Å². The number of carboxylic acid groups (broad SMARTS) is 1. The van der Waals surface area contributed by atoms with E-state index in [0.717, 1.165) is 22.3 Å². The number of hydrogen-bond acceptors (Lipinski definition) is 6. The van der Waals surface area contributed by atoms with Gasteiger partial charge in [-0.3, -0.25) is 15.0 Å². The lowest BCUT2D eigenvalue weighted by molar-refractivity contribution is -0.157. The predicted molar refractivity (Wildman–Crippen MR) is 112 cm³/mol. The first-order chi connectivity index (χ1) is 14.5. The van der Waals surface area contributed by atoms with Gasteiger partial charge in [-0.1, -0.05) is 13.8 Å². The highest BCUT2D eigenvalue weighted by Gasteiger charge is 2.41. The summed E-state index contributed by atoms with van der Waals surface area (Å²) in [6.45, 7) is 3.95. The monoisotopic (exact) mass is 447 g/mol. The Balaban J connectivity index is 1.63. The van der Waals surface area contributed by atoms with Crippen molar-refractivity contribution < 1.29 is 28.6 Å². The van der Waals surface area contributed by atoms with E-state index in [0.29, 0.717) is 6.42 Å². The Morgan fingerprint density at radius 2 is 1.97 bits per heavy atom. The number of amidine groups is 1. The normalized spacial score (nSPS) is 14.1. The van der Waals surface area contributed by atoms with Crippen LogP contribution in [0.3, 0.4) is 0 Å². The molecule has 1 aliphatic rings. The van der Waals surface area contributed by atoms with E-state index in [9.17, 15) is 18.8 Å². The van der Waals surface area contributed by atoms with Gasteiger partial charge in [0.05, 0.1) is 5.92 Å². The molecule has 1 aromatic heterocycles. The van der Waals surface area contributed by atoms with Gasteiger partial charge in [0, 0.05) is 28.9 Å². The van der Waals surface area contributed by atoms with Crippen molar-refractivity contribution >= 4 is 35.0 Å². The molecule has 0 unspecified atom stereocenters. The average molecular weight is 447 g/mol. The van der Waals surface area contributed by atoms with Crippen molar-refractivity contribution in [2.24, 2.45) is 17.1 Å². The molecule has 0 aliphatic carbocycles. The first-order valence-corrected chi connectivity index (χ1v) is 10.3. The quantitative estimate of drug-likeness (QED) is 0.258. The van der Waals surface area contributed by atoms with E-state index in [2.05, 4.69) is 0 Å². The summed E-state index contributed by atoms with van der Waals surface area (Å²) in [5, 5.41) is 16.3. The third kappa shape index (κ3) is 4.91. The predicted octanol–water partition coefficient (Wildman–Crippen LogP) is 2.50. The van der Waals surface area contributed by atoms with Crippen LogP contribution in [0.1, 0.15) is 34.0 Å². The van der Waals surface area contributed by atoms with Crippen LogP contribution in [0.2, 0.25) is 0 Å². The molecular weight excluding hydrogens is 425 g/mol. The van der Waals surface area contributed by atoms with Gasteiger partial charge in [0.25, 0.3) is 0 Å². The second-order valence-electron chi connectivity index (χ2n) is 8.02. The number of carbonyl (C=O) groups is 3. The minimum absolute atomic E-state index is 0.143. The molecule has 0 saturated carbocycles. The lowest BCUT2D eigenvalue weighted by Gasteiger charge is -2.41. The number of esters is 1. The number of ether oxygens (including phenoxy) is 1. The zero-order valence-corrected chi connectivity index (χ0v) is 17.8. The van der Waals surface area contributed by atoms with Gasteiger partial charge in [-0.05, 0) is 36.8 Å². The maximum atomic E-state index is 14.1. The molecule has 31 heavy (non-hydrogen) atoms. The Labute approximate surface area is 181 Å². The third-order valence-corrected chi connectivity index (χ3v) is 6.09. The van der Waals surface area contributed by atoms with Crippen LogP contribution in [0.5, 0.6) is 5.75 Å². The lowest BCUT2D eigenvalue weighted by Crippen LogP contribution is -2.56. The summed E-state index contributed by atoms with van der Waals surface area (Å²) in [5.41, 5.74) is 4.71. The van der Waals surface area contributed by atoms with Crippen molar-refractivity contribution in [1.82, 2.24) is 4.90 Å². The van der Waals surface area contributed by atoms with Crippen molar-refractivity contribution in [1.29, 1.82) is 5.41 Å². The molecule has 1 aliphatic heterocycles. The van der Waals surface area contributed by atoms with Gasteiger partial charge in [0.15, 0.2) is 11.6 Å². The standard InChI is InChI=1S/C21H22FN3O5S/c1-21(2,20(29)25-9-12(10-25)18(26)27)8-13-4-6-16(31-13)19(28)30-15-5-3-11(17(23)24)7-14(15)22/h3-7,12H,8-10H2,1-2H3,(H3,23,24)(H,26,27). The van der Waals surface area contributed by atoms with E-state index in [4.69, 9.17) is 21.0 Å². The number of benzene rings is 1. The van der Waals surface area contributed by atoms with Crippen molar-refractivity contribution in [2.45, 2.75) is 20.3 Å². The number of amides is 1. The summed E-state index contributed by atoms with van der Waals surface area (Å²) in [6.07, 6.45) is 0.361. The highest BCUT2D eigenvalue weighted by Crippen LogP contribution is 2.32. The number of carboxylic acids is 1. The van der Waals surface area contributed by atoms with Gasteiger partial charge in [-0.25, -0.2) is 9.18 Å². The molecule has 0 atom stereocenters. The number of likely N-dealkylation sites (tertiary alicyclic amines) is 1. The second kappa shape index (κ2) is 8.46. The number of nitrogen functional groups attached to an aromatic ring is 1. The van der Waals surface area contributed by atoms with Crippen LogP contribution in [0.25, 0.3) is 0 Å². The fraction of sp³-hybridized carbons (Fsp3) is 0.333. The highest BCUT2D eigenvalue weighted by atomic mass is 32.1. The number of nitrogens with zero attached hydrogens (tertiary/aromatic N) is 1. The summed E-state index contributed by atoms with van der Waals surface area (Å²) >= 11 is 1.15. The van der Waals surface area contributed by atoms with E-state index in [1.54, 1.807) is 26.0 Å². The van der Waals surface area contributed by atoms with E-state index in [1.807, 2.05) is 0 Å². The van der Waals surface area contributed by atoms with Gasteiger partial charge in [-0.2, -0.15) is 0 Å². The molecular formula is C21H22FN3O5S. The van der Waals surface area contributed by atoms with Crippen molar-refractivity contribution in [3.8, 4) is 5.75 Å². The van der Waals surface area contributed by atoms with Crippen LogP contribution in [0.15, 0.2) is 30.3 Å². The Hall–Kier alpha value is -3.27. The smallest absolute Gasteiger partial charge is 0.353 e. The molecule has 1 fully saturated rings. The maximum absolute atomic E-state index is 14.1. The van der Waals surface area contributed by atoms with Gasteiger partial charge in [0.2, 0.25) is 5.91 Å². The van der Waals surface area contributed by atoms with Crippen molar-refractivity contribution in [3.05, 3.63) is 51.5 Å². The van der Waals surface area contributed by atoms with Gasteiger partial charge < -0.3 is 20.5 Å². The Morgan fingerprint density at radius 3 is 2.55 bits per heavy atom. The number of halogens is 1. The number of thiophene rings is 1. The van der Waals surface area contributed by atoms with Gasteiger partial charge in [-0.15, -0.1) is 11.3 Å². The molecule has 1 aromatic carbocycles. The molecule has 2 aromatic rings. The molecule has 1 amide bonds. The van der Waals surface area contributed by atoms with Gasteiger partial charge >= 0.3 is 11.9 Å². The number of rotatable bonds is 7. The largest absolute Gasteiger partial charge is 0.481 e. The minimum atomic E-state index is -0.907. The lowest BCUT2D eigenvalue weighted by atomic mass is 9.84. The maximum Gasteiger partial charge on any atom is 0.353 e. The Bertz CT molecular complexity index is 1060. The van der Waals surface area contributed by atoms with Crippen molar-refractivity contribution in [2.75, 3.05) is 13.1 Å². The molecule has 0 bridgehead atoms. The average Bonchev–Trinajstić information content (AvgIpc) is 3.09. The molecule has 0 radical (unpaired) electrons. The number of nitrogens with one attached hydrogen (secondary N) is 1. The third-order valence-electron chi connectivity index (χ3n) is 5.02. The fourth-order valence-corrected chi connectivity index (χ4v) is 4.34. The Kier molecular flexibility index (Phi) is 6.12. The van der Waals surface area contributed by atoms with Crippen LogP contribution in [0.4, 0.5) is 4.39 Å².